The van der Waals surface area contributed by atoms with Gasteiger partial charge in [-0.15, -0.1) is 0 Å². The van der Waals surface area contributed by atoms with E-state index in [4.69, 9.17) is 5.26 Å². The molecule has 0 aliphatic heterocycles. The number of rotatable bonds is 5. The fraction of sp³-hybridized carbons (Fsp3) is 0.562. The smallest absolute Gasteiger partial charge is 0.385 e. The van der Waals surface area contributed by atoms with Crippen LogP contribution in [0.5, 0.6) is 0 Å². The fourth-order valence-electron chi connectivity index (χ4n) is 2.91. The number of nitrogens with zero attached hydrogens (tertiary/aromatic N) is 1. The third-order valence-electron chi connectivity index (χ3n) is 4.04. The molecule has 21 heavy (non-hydrogen) atoms. The van der Waals surface area contributed by atoms with Gasteiger partial charge in [-0.1, -0.05) is 25.7 Å². The van der Waals surface area contributed by atoms with E-state index in [2.05, 4.69) is 5.32 Å². The minimum atomic E-state index is -4.49. The maximum absolute atomic E-state index is 12.8. The van der Waals surface area contributed by atoms with Crippen molar-refractivity contribution in [3.05, 3.63) is 29.3 Å². The molecule has 1 saturated carbocycles. The van der Waals surface area contributed by atoms with Gasteiger partial charge in [-0.2, -0.15) is 18.4 Å². The van der Waals surface area contributed by atoms with Crippen molar-refractivity contribution in [3.63, 3.8) is 0 Å². The number of nitrogens with one attached hydrogen (secondary N) is 1. The van der Waals surface area contributed by atoms with E-state index in [1.165, 1.54) is 37.8 Å². The first-order valence-electron chi connectivity index (χ1n) is 7.36. The van der Waals surface area contributed by atoms with Gasteiger partial charge in [-0.05, 0) is 37.0 Å². The minimum Gasteiger partial charge on any atom is -0.385 e. The maximum Gasteiger partial charge on any atom is 0.417 e. The lowest BCUT2D eigenvalue weighted by molar-refractivity contribution is -0.137. The Bertz CT molecular complexity index is 511. The maximum atomic E-state index is 12.8. The van der Waals surface area contributed by atoms with Crippen LogP contribution in [0.25, 0.3) is 0 Å². The number of halogens is 3. The van der Waals surface area contributed by atoms with Gasteiger partial charge in [-0.25, -0.2) is 0 Å². The highest BCUT2D eigenvalue weighted by Crippen LogP contribution is 2.33. The summed E-state index contributed by atoms with van der Waals surface area (Å²) in [5.41, 5.74) is -0.780. The molecule has 5 heteroatoms. The number of alkyl halides is 3. The number of benzene rings is 1. The van der Waals surface area contributed by atoms with Gasteiger partial charge in [0.2, 0.25) is 0 Å². The highest BCUT2D eigenvalue weighted by atomic mass is 19.4. The summed E-state index contributed by atoms with van der Waals surface area (Å²) in [5.74, 6) is 0.790. The van der Waals surface area contributed by atoms with Crippen molar-refractivity contribution in [3.8, 4) is 6.07 Å². The molecule has 1 N–H and O–H groups in total. The summed E-state index contributed by atoms with van der Waals surface area (Å²) in [4.78, 5) is 0. The summed E-state index contributed by atoms with van der Waals surface area (Å²) >= 11 is 0. The summed E-state index contributed by atoms with van der Waals surface area (Å²) in [5, 5.41) is 11.8. The van der Waals surface area contributed by atoms with Crippen LogP contribution in [-0.4, -0.2) is 6.54 Å². The number of nitriles is 1. The van der Waals surface area contributed by atoms with E-state index in [9.17, 15) is 13.2 Å². The average Bonchev–Trinajstić information content (AvgIpc) is 2.95. The zero-order valence-corrected chi connectivity index (χ0v) is 11.8. The van der Waals surface area contributed by atoms with Gasteiger partial charge in [0.25, 0.3) is 0 Å². The van der Waals surface area contributed by atoms with Crippen molar-refractivity contribution in [2.75, 3.05) is 11.9 Å². The van der Waals surface area contributed by atoms with Gasteiger partial charge in [0.05, 0.1) is 17.2 Å². The first-order valence-corrected chi connectivity index (χ1v) is 7.36. The lowest BCUT2D eigenvalue weighted by atomic mass is 10.0. The standard InChI is InChI=1S/C16H19F3N2/c17-16(18,19)15-10-14(8-7-13(15)11-20)21-9-3-6-12-4-1-2-5-12/h7-8,10,12,21H,1-6,9H2. The zero-order valence-electron chi connectivity index (χ0n) is 11.8. The van der Waals surface area contributed by atoms with Crippen LogP contribution >= 0.6 is 0 Å². The number of anilines is 1. The van der Waals surface area contributed by atoms with Crippen molar-refractivity contribution in [2.45, 2.75) is 44.7 Å². The van der Waals surface area contributed by atoms with Gasteiger partial charge in [0.1, 0.15) is 0 Å². The van der Waals surface area contributed by atoms with Crippen LogP contribution in [0.1, 0.15) is 49.7 Å². The predicted molar refractivity (Wildman–Crippen MR) is 75.8 cm³/mol. The molecular formula is C16H19F3N2. The lowest BCUT2D eigenvalue weighted by Gasteiger charge is -2.13. The van der Waals surface area contributed by atoms with E-state index in [1.807, 2.05) is 0 Å². The van der Waals surface area contributed by atoms with Crippen molar-refractivity contribution in [1.82, 2.24) is 0 Å². The van der Waals surface area contributed by atoms with Crippen LogP contribution < -0.4 is 5.32 Å². The predicted octanol–water partition coefficient (Wildman–Crippen LogP) is 4.96. The Balaban J connectivity index is 1.90. The Labute approximate surface area is 123 Å². The van der Waals surface area contributed by atoms with Crippen molar-refractivity contribution in [1.29, 1.82) is 5.26 Å². The van der Waals surface area contributed by atoms with Crippen molar-refractivity contribution in [2.24, 2.45) is 5.92 Å². The van der Waals surface area contributed by atoms with Crippen LogP contribution in [0.3, 0.4) is 0 Å². The largest absolute Gasteiger partial charge is 0.417 e. The summed E-state index contributed by atoms with van der Waals surface area (Å²) < 4.78 is 38.5. The second-order valence-electron chi connectivity index (χ2n) is 5.59. The fourth-order valence-corrected chi connectivity index (χ4v) is 2.91. The van der Waals surface area contributed by atoms with E-state index in [0.717, 1.165) is 24.8 Å². The minimum absolute atomic E-state index is 0.334. The first-order chi connectivity index (χ1) is 10.0. The van der Waals surface area contributed by atoms with Gasteiger partial charge in [0, 0.05) is 12.2 Å². The topological polar surface area (TPSA) is 35.8 Å². The third-order valence-corrected chi connectivity index (χ3v) is 4.04. The molecule has 1 aromatic rings. The zero-order chi connectivity index (χ0) is 15.3. The summed E-state index contributed by atoms with van der Waals surface area (Å²) in [6, 6.07) is 5.36. The number of hydrogen-bond acceptors (Lipinski definition) is 2. The summed E-state index contributed by atoms with van der Waals surface area (Å²) in [6.07, 6.45) is 2.80. The van der Waals surface area contributed by atoms with E-state index >= 15 is 0 Å². The van der Waals surface area contributed by atoms with Crippen LogP contribution in [0, 0.1) is 17.2 Å². The SMILES string of the molecule is N#Cc1ccc(NCCCC2CCCC2)cc1C(F)(F)F. The van der Waals surface area contributed by atoms with Crippen molar-refractivity contribution >= 4 is 5.69 Å². The highest BCUT2D eigenvalue weighted by molar-refractivity contribution is 5.53. The average molecular weight is 296 g/mol. The molecular weight excluding hydrogens is 277 g/mol. The lowest BCUT2D eigenvalue weighted by Crippen LogP contribution is -2.10. The Morgan fingerprint density at radius 2 is 1.95 bits per heavy atom. The van der Waals surface area contributed by atoms with Crippen LogP contribution in [-0.2, 0) is 6.18 Å². The Morgan fingerprint density at radius 3 is 2.57 bits per heavy atom. The van der Waals surface area contributed by atoms with Gasteiger partial charge in [-0.3, -0.25) is 0 Å². The Kier molecular flexibility index (Phi) is 5.11. The molecule has 1 aliphatic rings. The molecule has 0 aromatic heterocycles. The molecule has 114 valence electrons. The van der Waals surface area contributed by atoms with Gasteiger partial charge in [0.15, 0.2) is 0 Å². The molecule has 1 aliphatic carbocycles. The second-order valence-corrected chi connectivity index (χ2v) is 5.59. The van der Waals surface area contributed by atoms with Crippen LogP contribution in [0.2, 0.25) is 0 Å². The third kappa shape index (κ3) is 4.38. The molecule has 2 rings (SSSR count). The van der Waals surface area contributed by atoms with E-state index < -0.39 is 11.7 Å². The molecule has 0 bridgehead atoms. The number of hydrogen-bond donors (Lipinski definition) is 1. The Hall–Kier alpha value is -1.70. The van der Waals surface area contributed by atoms with E-state index in [-0.39, 0.29) is 5.56 Å². The molecule has 0 radical (unpaired) electrons. The monoisotopic (exact) mass is 296 g/mol. The molecule has 0 atom stereocenters. The Morgan fingerprint density at radius 1 is 1.24 bits per heavy atom. The second kappa shape index (κ2) is 6.84. The highest BCUT2D eigenvalue weighted by Gasteiger charge is 2.33. The van der Waals surface area contributed by atoms with Gasteiger partial charge < -0.3 is 5.32 Å². The first kappa shape index (κ1) is 15.7. The summed E-state index contributed by atoms with van der Waals surface area (Å²) in [7, 11) is 0. The molecule has 0 spiro atoms. The molecule has 0 saturated heterocycles. The molecule has 0 amide bonds. The molecule has 1 aromatic carbocycles. The van der Waals surface area contributed by atoms with Crippen LogP contribution in [0.4, 0.5) is 18.9 Å². The molecule has 0 heterocycles. The van der Waals surface area contributed by atoms with Crippen LogP contribution in [0.15, 0.2) is 18.2 Å². The molecule has 0 unspecified atom stereocenters. The van der Waals surface area contributed by atoms with E-state index in [0.29, 0.717) is 12.2 Å². The molecule has 2 nitrogen and oxygen atoms in total. The van der Waals surface area contributed by atoms with Gasteiger partial charge >= 0.3 is 6.18 Å². The normalized spacial score (nSPS) is 15.9. The molecule has 1 fully saturated rings. The summed E-state index contributed by atoms with van der Waals surface area (Å²) in [6.45, 7) is 0.666. The van der Waals surface area contributed by atoms with Crippen molar-refractivity contribution < 1.29 is 13.2 Å². The quantitative estimate of drug-likeness (QED) is 0.779. The van der Waals surface area contributed by atoms with E-state index in [1.54, 1.807) is 6.07 Å².